The van der Waals surface area contributed by atoms with E-state index in [9.17, 15) is 13.2 Å². The van der Waals surface area contributed by atoms with Crippen LogP contribution in [0.1, 0.15) is 18.2 Å². The average Bonchev–Trinajstić information content (AvgIpc) is 2.17. The first kappa shape index (κ1) is 12.0. The third-order valence-corrected chi connectivity index (χ3v) is 2.07. The molecule has 0 amide bonds. The number of aromatic nitrogens is 1. The predicted molar refractivity (Wildman–Crippen MR) is 49.4 cm³/mol. The predicted octanol–water partition coefficient (Wildman–Crippen LogP) is 2.11. The second-order valence-electron chi connectivity index (χ2n) is 3.27. The van der Waals surface area contributed by atoms with Crippen LogP contribution in [0.2, 0.25) is 0 Å². The normalized spacial score (nSPS) is 13.9. The molecule has 1 rings (SSSR count). The summed E-state index contributed by atoms with van der Waals surface area (Å²) < 4.78 is 36.0. The molecule has 0 aromatic carbocycles. The van der Waals surface area contributed by atoms with E-state index in [-0.39, 0.29) is 5.69 Å². The summed E-state index contributed by atoms with van der Waals surface area (Å²) >= 11 is 0. The molecular weight excluding hydrogens is 207 g/mol. The topological polar surface area (TPSA) is 33.1 Å². The highest BCUT2D eigenvalue weighted by atomic mass is 19.4. The van der Waals surface area contributed by atoms with Crippen molar-refractivity contribution in [3.8, 4) is 0 Å². The Bertz CT molecular complexity index is 307. The standard InChI is InChI=1S/C10H12F3NO/c1-2-7-3-4-8(14-6-7)5-9(15)10(11,12)13/h3-4,6,9,15H,2,5H2,1H3. The third-order valence-electron chi connectivity index (χ3n) is 2.07. The summed E-state index contributed by atoms with van der Waals surface area (Å²) in [6.07, 6.45) is -5.09. The molecule has 0 saturated heterocycles. The van der Waals surface area contributed by atoms with E-state index in [2.05, 4.69) is 4.98 Å². The maximum atomic E-state index is 12.0. The third kappa shape index (κ3) is 3.51. The van der Waals surface area contributed by atoms with Crippen LogP contribution in [0, 0.1) is 0 Å². The van der Waals surface area contributed by atoms with Crippen LogP contribution in [0.4, 0.5) is 13.2 Å². The summed E-state index contributed by atoms with van der Waals surface area (Å²) in [5.74, 6) is 0. The Kier molecular flexibility index (Phi) is 3.68. The molecule has 1 unspecified atom stereocenters. The number of rotatable bonds is 3. The number of alkyl halides is 3. The van der Waals surface area contributed by atoms with Crippen LogP contribution in [-0.4, -0.2) is 22.4 Å². The smallest absolute Gasteiger partial charge is 0.383 e. The van der Waals surface area contributed by atoms with Gasteiger partial charge in [0.1, 0.15) is 0 Å². The molecule has 1 heterocycles. The fraction of sp³-hybridized carbons (Fsp3) is 0.500. The molecule has 0 aliphatic heterocycles. The van der Waals surface area contributed by atoms with Gasteiger partial charge >= 0.3 is 6.18 Å². The number of hydrogen-bond acceptors (Lipinski definition) is 2. The number of halogens is 3. The second-order valence-corrected chi connectivity index (χ2v) is 3.27. The molecule has 15 heavy (non-hydrogen) atoms. The highest BCUT2D eigenvalue weighted by Crippen LogP contribution is 2.22. The molecule has 84 valence electrons. The molecule has 0 bridgehead atoms. The Morgan fingerprint density at radius 1 is 1.40 bits per heavy atom. The van der Waals surface area contributed by atoms with E-state index in [1.165, 1.54) is 12.3 Å². The van der Waals surface area contributed by atoms with E-state index in [1.54, 1.807) is 6.07 Å². The van der Waals surface area contributed by atoms with E-state index >= 15 is 0 Å². The van der Waals surface area contributed by atoms with Crippen molar-refractivity contribution in [1.82, 2.24) is 4.98 Å². The van der Waals surface area contributed by atoms with Crippen LogP contribution in [0.3, 0.4) is 0 Å². The van der Waals surface area contributed by atoms with Crippen molar-refractivity contribution >= 4 is 0 Å². The second kappa shape index (κ2) is 4.61. The van der Waals surface area contributed by atoms with Gasteiger partial charge in [-0.2, -0.15) is 13.2 Å². The summed E-state index contributed by atoms with van der Waals surface area (Å²) in [6, 6.07) is 3.22. The summed E-state index contributed by atoms with van der Waals surface area (Å²) in [7, 11) is 0. The lowest BCUT2D eigenvalue weighted by Gasteiger charge is -2.13. The Hall–Kier alpha value is -1.10. The molecule has 2 nitrogen and oxygen atoms in total. The van der Waals surface area contributed by atoms with E-state index in [0.717, 1.165) is 12.0 Å². The lowest BCUT2D eigenvalue weighted by Crippen LogP contribution is -2.30. The minimum Gasteiger partial charge on any atom is -0.383 e. The van der Waals surface area contributed by atoms with Crippen molar-refractivity contribution in [3.05, 3.63) is 29.6 Å². The van der Waals surface area contributed by atoms with Crippen molar-refractivity contribution in [2.24, 2.45) is 0 Å². The lowest BCUT2D eigenvalue weighted by molar-refractivity contribution is -0.203. The molecule has 0 saturated carbocycles. The molecule has 1 atom stereocenters. The SMILES string of the molecule is CCc1ccc(CC(O)C(F)(F)F)nc1. The zero-order valence-corrected chi connectivity index (χ0v) is 8.25. The summed E-state index contributed by atoms with van der Waals surface area (Å²) in [5, 5.41) is 8.80. The highest BCUT2D eigenvalue weighted by Gasteiger charge is 2.38. The van der Waals surface area contributed by atoms with Gasteiger partial charge in [-0.1, -0.05) is 13.0 Å². The van der Waals surface area contributed by atoms with Crippen LogP contribution in [0.15, 0.2) is 18.3 Å². The minimum absolute atomic E-state index is 0.247. The van der Waals surface area contributed by atoms with Gasteiger partial charge in [-0.05, 0) is 18.1 Å². The van der Waals surface area contributed by atoms with Gasteiger partial charge in [-0.15, -0.1) is 0 Å². The zero-order valence-electron chi connectivity index (χ0n) is 8.25. The van der Waals surface area contributed by atoms with Crippen molar-refractivity contribution in [2.45, 2.75) is 32.0 Å². The molecule has 5 heteroatoms. The van der Waals surface area contributed by atoms with Gasteiger partial charge in [0.2, 0.25) is 0 Å². The fourth-order valence-corrected chi connectivity index (χ4v) is 1.10. The molecule has 1 aromatic heterocycles. The van der Waals surface area contributed by atoms with Gasteiger partial charge in [0.25, 0.3) is 0 Å². The van der Waals surface area contributed by atoms with E-state index < -0.39 is 18.7 Å². The van der Waals surface area contributed by atoms with Crippen LogP contribution < -0.4 is 0 Å². The molecule has 0 aliphatic carbocycles. The number of pyridine rings is 1. The van der Waals surface area contributed by atoms with Crippen molar-refractivity contribution < 1.29 is 18.3 Å². The van der Waals surface area contributed by atoms with E-state index in [4.69, 9.17) is 5.11 Å². The van der Waals surface area contributed by atoms with Gasteiger partial charge in [-0.3, -0.25) is 4.98 Å². The van der Waals surface area contributed by atoms with Crippen LogP contribution in [-0.2, 0) is 12.8 Å². The lowest BCUT2D eigenvalue weighted by atomic mass is 10.1. The Morgan fingerprint density at radius 2 is 2.07 bits per heavy atom. The van der Waals surface area contributed by atoms with E-state index in [1.807, 2.05) is 6.92 Å². The molecule has 1 N–H and O–H groups in total. The first-order valence-electron chi connectivity index (χ1n) is 4.62. The van der Waals surface area contributed by atoms with Gasteiger partial charge in [-0.25, -0.2) is 0 Å². The molecule has 0 radical (unpaired) electrons. The molecule has 0 fully saturated rings. The Morgan fingerprint density at radius 3 is 2.47 bits per heavy atom. The quantitative estimate of drug-likeness (QED) is 0.844. The minimum atomic E-state index is -4.58. The molecule has 0 spiro atoms. The van der Waals surface area contributed by atoms with Crippen molar-refractivity contribution in [1.29, 1.82) is 0 Å². The number of aryl methyl sites for hydroxylation is 1. The van der Waals surface area contributed by atoms with E-state index in [0.29, 0.717) is 0 Å². The summed E-state index contributed by atoms with van der Waals surface area (Å²) in [4.78, 5) is 3.84. The van der Waals surface area contributed by atoms with Crippen LogP contribution in [0.25, 0.3) is 0 Å². The number of hydrogen-bond donors (Lipinski definition) is 1. The number of nitrogens with zero attached hydrogens (tertiary/aromatic N) is 1. The zero-order chi connectivity index (χ0) is 11.5. The molecular formula is C10H12F3NO. The summed E-state index contributed by atoms with van der Waals surface area (Å²) in [5.41, 5.74) is 1.21. The van der Waals surface area contributed by atoms with Crippen LogP contribution >= 0.6 is 0 Å². The maximum absolute atomic E-state index is 12.0. The Balaban J connectivity index is 2.65. The van der Waals surface area contributed by atoms with Gasteiger partial charge in [0, 0.05) is 18.3 Å². The Labute approximate surface area is 85.8 Å². The first-order chi connectivity index (χ1) is 6.93. The average molecular weight is 219 g/mol. The van der Waals surface area contributed by atoms with Gasteiger partial charge < -0.3 is 5.11 Å². The fourth-order valence-electron chi connectivity index (χ4n) is 1.10. The van der Waals surface area contributed by atoms with Crippen molar-refractivity contribution in [3.63, 3.8) is 0 Å². The van der Waals surface area contributed by atoms with Gasteiger partial charge in [0.15, 0.2) is 6.10 Å². The number of aliphatic hydroxyl groups excluding tert-OH is 1. The summed E-state index contributed by atoms with van der Waals surface area (Å²) in [6.45, 7) is 1.93. The van der Waals surface area contributed by atoms with Crippen LogP contribution in [0.5, 0.6) is 0 Å². The maximum Gasteiger partial charge on any atom is 0.414 e. The number of aliphatic hydroxyl groups is 1. The van der Waals surface area contributed by atoms with Gasteiger partial charge in [0.05, 0.1) is 0 Å². The molecule has 1 aromatic rings. The highest BCUT2D eigenvalue weighted by molar-refractivity contribution is 5.14. The monoisotopic (exact) mass is 219 g/mol. The molecule has 0 aliphatic rings. The largest absolute Gasteiger partial charge is 0.414 e. The first-order valence-corrected chi connectivity index (χ1v) is 4.62. The van der Waals surface area contributed by atoms with Crippen molar-refractivity contribution in [2.75, 3.05) is 0 Å².